The number of hydrogen-bond donors (Lipinski definition) is 4. The molecule has 0 bridgehead atoms. The second-order valence-electron chi connectivity index (χ2n) is 9.79. The van der Waals surface area contributed by atoms with Gasteiger partial charge in [-0.3, -0.25) is 0 Å². The molecule has 2 atom stereocenters. The summed E-state index contributed by atoms with van der Waals surface area (Å²) in [4.78, 5) is 4.14. The van der Waals surface area contributed by atoms with Gasteiger partial charge in [0.1, 0.15) is 17.2 Å². The van der Waals surface area contributed by atoms with Crippen LogP contribution in [0.25, 0.3) is 0 Å². The zero-order valence-electron chi connectivity index (χ0n) is 26.4. The molecule has 1 aliphatic rings. The van der Waals surface area contributed by atoms with Gasteiger partial charge in [0.2, 0.25) is 26.0 Å². The van der Waals surface area contributed by atoms with Gasteiger partial charge in [-0.15, -0.1) is 24.2 Å². The summed E-state index contributed by atoms with van der Waals surface area (Å²) in [5.74, 6) is 5.66. The van der Waals surface area contributed by atoms with Crippen molar-refractivity contribution < 1.29 is 25.6 Å². The molecule has 0 amide bonds. The van der Waals surface area contributed by atoms with Crippen molar-refractivity contribution in [3.05, 3.63) is 68.1 Å². The summed E-state index contributed by atoms with van der Waals surface area (Å²) in [6, 6.07) is 8.58. The van der Waals surface area contributed by atoms with E-state index in [0.717, 1.165) is 4.31 Å². The van der Waals surface area contributed by atoms with Crippen LogP contribution < -0.4 is 21.5 Å². The van der Waals surface area contributed by atoms with Gasteiger partial charge in [-0.2, -0.15) is 0 Å². The van der Waals surface area contributed by atoms with Crippen molar-refractivity contribution in [2.45, 2.75) is 45.7 Å². The largest absolute Gasteiger partial charge is 0.376 e. The number of rotatable bonds is 6. The van der Waals surface area contributed by atoms with Gasteiger partial charge in [0, 0.05) is 27.1 Å². The van der Waals surface area contributed by atoms with Gasteiger partial charge in [0.25, 0.3) is 0 Å². The van der Waals surface area contributed by atoms with Crippen LogP contribution in [0.4, 0.5) is 8.78 Å². The lowest BCUT2D eigenvalue weighted by Gasteiger charge is -2.34. The zero-order chi connectivity index (χ0) is 36.1. The molecule has 0 aliphatic carbocycles. The highest BCUT2D eigenvalue weighted by atomic mass is 79.9. The van der Waals surface area contributed by atoms with E-state index in [1.807, 2.05) is 13.8 Å². The minimum Gasteiger partial charge on any atom is -0.376 e. The Morgan fingerprint density at radius 2 is 1.63 bits per heavy atom. The molecule has 46 heavy (non-hydrogen) atoms. The van der Waals surface area contributed by atoms with Gasteiger partial charge in [-0.1, -0.05) is 31.9 Å². The fourth-order valence-electron chi connectivity index (χ4n) is 3.82. The first kappa shape index (κ1) is 43.2. The normalized spacial score (nSPS) is 17.6. The minimum absolute atomic E-state index is 0.113. The first-order valence-corrected chi connectivity index (χ1v) is 18.3. The lowest BCUT2D eigenvalue weighted by molar-refractivity contribution is 0.448. The highest BCUT2D eigenvalue weighted by molar-refractivity contribution is 9.10. The molecule has 10 nitrogen and oxygen atoms in total. The molecule has 254 valence electrons. The van der Waals surface area contributed by atoms with E-state index >= 15 is 0 Å². The quantitative estimate of drug-likeness (QED) is 0.249. The maximum atomic E-state index is 14.0. The van der Waals surface area contributed by atoms with Crippen LogP contribution in [0.5, 0.6) is 0 Å². The predicted molar refractivity (Wildman–Crippen MR) is 192 cm³/mol. The Kier molecular flexibility index (Phi) is 17.4. The Balaban J connectivity index is 0.000000733. The third kappa shape index (κ3) is 13.1. The number of hydrogen-bond acceptors (Lipinski definition) is 7. The third-order valence-electron chi connectivity index (χ3n) is 6.03. The lowest BCUT2D eigenvalue weighted by Crippen LogP contribution is -2.52. The molecule has 0 aromatic heterocycles. The summed E-state index contributed by atoms with van der Waals surface area (Å²) >= 11 is 11.2. The van der Waals surface area contributed by atoms with E-state index in [-0.39, 0.29) is 28.0 Å². The van der Waals surface area contributed by atoms with E-state index in [2.05, 4.69) is 71.1 Å². The Morgan fingerprint density at radius 1 is 1.15 bits per heavy atom. The second kappa shape index (κ2) is 18.5. The van der Waals surface area contributed by atoms with E-state index in [1.54, 1.807) is 19.9 Å². The smallest absolute Gasteiger partial charge is 0.239 e. The first-order chi connectivity index (χ1) is 21.1. The van der Waals surface area contributed by atoms with Crippen molar-refractivity contribution >= 4 is 75.2 Å². The van der Waals surface area contributed by atoms with Crippen molar-refractivity contribution in [3.63, 3.8) is 0 Å². The van der Waals surface area contributed by atoms with E-state index in [1.165, 1.54) is 51.4 Å². The zero-order valence-corrected chi connectivity index (χ0v) is 32.0. The summed E-state index contributed by atoms with van der Waals surface area (Å²) in [5, 5.41) is 2.55. The highest BCUT2D eigenvalue weighted by Crippen LogP contribution is 2.34. The number of terminal acetylenes is 1. The molecule has 2 aromatic rings. The van der Waals surface area contributed by atoms with Crippen molar-refractivity contribution in [1.82, 2.24) is 14.3 Å². The molecule has 0 spiro atoms. The number of aliphatic imine (C=N–C) groups is 1. The van der Waals surface area contributed by atoms with Crippen molar-refractivity contribution in [1.29, 1.82) is 0 Å². The van der Waals surface area contributed by atoms with Crippen LogP contribution >= 0.6 is 44.1 Å². The minimum atomic E-state index is -3.61. The second-order valence-corrected chi connectivity index (χ2v) is 16.0. The van der Waals surface area contributed by atoms with Gasteiger partial charge in [0.15, 0.2) is 5.11 Å². The third-order valence-corrected chi connectivity index (χ3v) is 10.7. The van der Waals surface area contributed by atoms with Crippen LogP contribution in [0.1, 0.15) is 45.7 Å². The van der Waals surface area contributed by atoms with Crippen LogP contribution in [0.3, 0.4) is 0 Å². The predicted octanol–water partition coefficient (Wildman–Crippen LogP) is 4.25. The van der Waals surface area contributed by atoms with E-state index in [9.17, 15) is 25.6 Å². The Bertz CT molecular complexity index is 1740. The Morgan fingerprint density at radius 3 is 2.07 bits per heavy atom. The van der Waals surface area contributed by atoms with Crippen LogP contribution in [0.2, 0.25) is 0 Å². The van der Waals surface area contributed by atoms with Crippen molar-refractivity contribution in [2.24, 2.45) is 16.5 Å². The van der Waals surface area contributed by atoms with Crippen LogP contribution in [0, 0.1) is 35.8 Å². The molecule has 17 heteroatoms. The Hall–Kier alpha value is -2.80. The van der Waals surface area contributed by atoms with Crippen molar-refractivity contribution in [3.8, 4) is 24.2 Å². The number of nitrogens with zero attached hydrogens (tertiary/aromatic N) is 2. The van der Waals surface area contributed by atoms with Gasteiger partial charge in [-0.25, -0.2) is 39.6 Å². The molecule has 0 saturated carbocycles. The number of nitrogens with one attached hydrogen (secondary N) is 2. The number of thiocarbonyl (C=S) groups is 1. The SMILES string of the molecule is C#CC.CC#CC.CN1C(N)=N[C@](C)(c2cc(Br)ccc2F)CS1(=O)=O.CNS(=O)(=O)C[C@](C)(NC(N)=S)c1cc(Br)ccc1F. The molecule has 0 fully saturated rings. The van der Waals surface area contributed by atoms with Gasteiger partial charge in [-0.05, 0) is 90.3 Å². The van der Waals surface area contributed by atoms with E-state index in [4.69, 9.17) is 23.7 Å². The molecular formula is C29H38Br2F2N6O4S3. The lowest BCUT2D eigenvalue weighted by atomic mass is 9.93. The van der Waals surface area contributed by atoms with E-state index < -0.39 is 48.5 Å². The van der Waals surface area contributed by atoms with Crippen LogP contribution in [-0.4, -0.2) is 57.8 Å². The topological polar surface area (TPSA) is 160 Å². The average Bonchev–Trinajstić information content (AvgIpc) is 2.94. The summed E-state index contributed by atoms with van der Waals surface area (Å²) in [6.07, 6.45) is 4.60. The van der Waals surface area contributed by atoms with Crippen LogP contribution in [-0.2, 0) is 31.1 Å². The summed E-state index contributed by atoms with van der Waals surface area (Å²) in [6.45, 7) is 8.36. The Labute approximate surface area is 293 Å². The molecule has 0 saturated heterocycles. The number of benzene rings is 2. The average molecular weight is 829 g/mol. The molecule has 0 unspecified atom stereocenters. The number of sulfonamides is 2. The first-order valence-electron chi connectivity index (χ1n) is 13.0. The van der Waals surface area contributed by atoms with Gasteiger partial charge >= 0.3 is 0 Å². The molecule has 6 N–H and O–H groups in total. The van der Waals surface area contributed by atoms with Crippen molar-refractivity contribution in [2.75, 3.05) is 25.6 Å². The number of halogens is 4. The molecule has 2 aromatic carbocycles. The fraction of sp³-hybridized carbons (Fsp3) is 0.379. The summed E-state index contributed by atoms with van der Waals surface area (Å²) in [7, 11) is -4.60. The number of guanidine groups is 1. The fourth-order valence-corrected chi connectivity index (χ4v) is 7.35. The highest BCUT2D eigenvalue weighted by Gasteiger charge is 2.41. The summed E-state index contributed by atoms with van der Waals surface area (Å²) < 4.78 is 79.9. The molecule has 1 heterocycles. The maximum absolute atomic E-state index is 14.0. The monoisotopic (exact) mass is 826 g/mol. The molecule has 1 aliphatic heterocycles. The standard InChI is InChI=1S/C11H15BrFN3O2S2.C11H13BrFN3O2S.C4H6.C3H4/c1-11(16-10(14)19,6-20(17,18)15-2)8-5-7(12)3-4-9(8)13;1-11(8-5-7(12)3-4-9(8)13)6-19(17,18)16(2)10(14)15-11;1-3-4-2;1-3-2/h3-5,15H,6H2,1-2H3,(H3,14,16,19);3-5H,6H2,1-2H3,(H2,14,15);1-2H3;1H,2H3/t2*11-;;/m00../s1. The van der Waals surface area contributed by atoms with E-state index in [0.29, 0.717) is 8.95 Å². The summed E-state index contributed by atoms with van der Waals surface area (Å²) in [5.41, 5.74) is 8.88. The molecule has 3 rings (SSSR count). The molecule has 0 radical (unpaired) electrons. The molecular weight excluding hydrogens is 790 g/mol. The van der Waals surface area contributed by atoms with Gasteiger partial charge in [0.05, 0.1) is 17.0 Å². The van der Waals surface area contributed by atoms with Gasteiger partial charge < -0.3 is 16.8 Å². The van der Waals surface area contributed by atoms with Crippen LogP contribution in [0.15, 0.2) is 50.3 Å². The maximum Gasteiger partial charge on any atom is 0.239 e. The number of nitrogens with two attached hydrogens (primary N) is 2.